The summed E-state index contributed by atoms with van der Waals surface area (Å²) in [7, 11) is -3.29. The molecule has 1 amide bonds. The maximum absolute atomic E-state index is 11.9. The molecule has 0 spiro atoms. The van der Waals surface area contributed by atoms with Gasteiger partial charge in [0.05, 0.1) is 10.6 Å². The average molecular weight is 267 g/mol. The second-order valence-electron chi connectivity index (χ2n) is 4.09. The minimum absolute atomic E-state index is 0.111. The highest BCUT2D eigenvalue weighted by Crippen LogP contribution is 2.26. The van der Waals surface area contributed by atoms with Crippen LogP contribution >= 0.6 is 0 Å². The van der Waals surface area contributed by atoms with E-state index in [2.05, 4.69) is 4.99 Å². The minimum atomic E-state index is -3.29. The van der Waals surface area contributed by atoms with Crippen molar-refractivity contribution in [2.24, 2.45) is 16.5 Å². The van der Waals surface area contributed by atoms with Crippen molar-refractivity contribution >= 4 is 21.7 Å². The van der Waals surface area contributed by atoms with Crippen LogP contribution in [0.25, 0.3) is 0 Å². The molecular formula is C11H13N3O3S. The van der Waals surface area contributed by atoms with Crippen LogP contribution in [-0.4, -0.2) is 26.0 Å². The number of hydrogen-bond acceptors (Lipinski definition) is 3. The predicted molar refractivity (Wildman–Crippen MR) is 67.0 cm³/mol. The normalized spacial score (nSPS) is 16.7. The zero-order valence-corrected chi connectivity index (χ0v) is 10.4. The van der Waals surface area contributed by atoms with Crippen LogP contribution in [0, 0.1) is 0 Å². The smallest absolute Gasteiger partial charge is 0.280 e. The molecule has 0 aliphatic carbocycles. The second-order valence-corrected chi connectivity index (χ2v) is 6.16. The summed E-state index contributed by atoms with van der Waals surface area (Å²) in [4.78, 5) is 15.2. The van der Waals surface area contributed by atoms with Crippen LogP contribution in [0.15, 0.2) is 28.1 Å². The van der Waals surface area contributed by atoms with Gasteiger partial charge < -0.3 is 11.5 Å². The van der Waals surface area contributed by atoms with Gasteiger partial charge in [0.15, 0.2) is 15.8 Å². The molecule has 0 aromatic heterocycles. The first-order chi connectivity index (χ1) is 8.40. The highest BCUT2D eigenvalue weighted by molar-refractivity contribution is 7.91. The Morgan fingerprint density at radius 3 is 2.67 bits per heavy atom. The molecular weight excluding hydrogens is 254 g/mol. The fourth-order valence-corrected chi connectivity index (χ4v) is 3.55. The lowest BCUT2D eigenvalue weighted by Gasteiger charge is -2.16. The Balaban J connectivity index is 2.50. The summed E-state index contributed by atoms with van der Waals surface area (Å²) >= 11 is 0. The van der Waals surface area contributed by atoms with Gasteiger partial charge in [-0.3, -0.25) is 4.79 Å². The highest BCUT2D eigenvalue weighted by atomic mass is 32.2. The molecule has 6 nitrogen and oxygen atoms in total. The molecule has 2 rings (SSSR count). The van der Waals surface area contributed by atoms with E-state index < -0.39 is 15.7 Å². The van der Waals surface area contributed by atoms with E-state index in [1.54, 1.807) is 6.07 Å². The fraction of sp³-hybridized carbons (Fsp3) is 0.273. The number of nitrogens with zero attached hydrogens (tertiary/aromatic N) is 1. The Hall–Kier alpha value is -1.89. The molecule has 1 aromatic carbocycles. The third-order valence-corrected chi connectivity index (χ3v) is 4.62. The van der Waals surface area contributed by atoms with E-state index in [-0.39, 0.29) is 22.2 Å². The Labute approximate surface area is 105 Å². The van der Waals surface area contributed by atoms with Gasteiger partial charge in [0, 0.05) is 5.56 Å². The summed E-state index contributed by atoms with van der Waals surface area (Å²) in [6, 6.07) is 4.52. The number of carbonyl (C=O) groups is 1. The lowest BCUT2D eigenvalue weighted by Crippen LogP contribution is -2.24. The van der Waals surface area contributed by atoms with Gasteiger partial charge in [-0.15, -0.1) is 0 Å². The molecule has 0 saturated heterocycles. The maximum Gasteiger partial charge on any atom is 0.280 e. The standard InChI is InChI=1S/C11H13N3O3S/c12-11(13)14-10(15)8-4-3-7-2-1-5-18(16,17)9(7)6-8/h3-4,6H,1-2,5H2,(H4,12,13,14,15). The lowest BCUT2D eigenvalue weighted by molar-refractivity contribution is 0.100. The van der Waals surface area contributed by atoms with Crippen molar-refractivity contribution in [3.63, 3.8) is 0 Å². The van der Waals surface area contributed by atoms with E-state index in [0.29, 0.717) is 12.8 Å². The van der Waals surface area contributed by atoms with E-state index in [1.165, 1.54) is 12.1 Å². The van der Waals surface area contributed by atoms with Crippen LogP contribution in [0.1, 0.15) is 22.3 Å². The molecule has 96 valence electrons. The SMILES string of the molecule is NC(N)=NC(=O)c1ccc2c(c1)S(=O)(=O)CCC2. The molecule has 0 atom stereocenters. The number of rotatable bonds is 1. The zero-order chi connectivity index (χ0) is 13.3. The van der Waals surface area contributed by atoms with Crippen LogP contribution in [0.2, 0.25) is 0 Å². The summed E-state index contributed by atoms with van der Waals surface area (Å²) < 4.78 is 23.7. The minimum Gasteiger partial charge on any atom is -0.370 e. The maximum atomic E-state index is 11.9. The number of fused-ring (bicyclic) bond motifs is 1. The molecule has 0 unspecified atom stereocenters. The van der Waals surface area contributed by atoms with Gasteiger partial charge in [0.25, 0.3) is 5.91 Å². The van der Waals surface area contributed by atoms with E-state index in [0.717, 1.165) is 5.56 Å². The Morgan fingerprint density at radius 1 is 1.28 bits per heavy atom. The first kappa shape index (κ1) is 12.6. The molecule has 7 heteroatoms. The fourth-order valence-electron chi connectivity index (χ4n) is 1.93. The summed E-state index contributed by atoms with van der Waals surface area (Å²) in [6.45, 7) is 0. The van der Waals surface area contributed by atoms with Crippen LogP contribution in [-0.2, 0) is 16.3 Å². The lowest BCUT2D eigenvalue weighted by atomic mass is 10.1. The molecule has 1 heterocycles. The van der Waals surface area contributed by atoms with Crippen molar-refractivity contribution in [1.29, 1.82) is 0 Å². The molecule has 1 aliphatic rings. The Bertz CT molecular complexity index is 631. The van der Waals surface area contributed by atoms with Crippen molar-refractivity contribution in [2.45, 2.75) is 17.7 Å². The number of amides is 1. The molecule has 0 bridgehead atoms. The molecule has 4 N–H and O–H groups in total. The van der Waals surface area contributed by atoms with E-state index in [1.807, 2.05) is 0 Å². The first-order valence-corrected chi connectivity index (χ1v) is 7.05. The molecule has 0 radical (unpaired) electrons. The Morgan fingerprint density at radius 2 is 2.00 bits per heavy atom. The monoisotopic (exact) mass is 267 g/mol. The summed E-state index contributed by atoms with van der Waals surface area (Å²) in [5.74, 6) is -0.876. The molecule has 0 saturated carbocycles. The molecule has 18 heavy (non-hydrogen) atoms. The Kier molecular flexibility index (Phi) is 3.08. The molecule has 1 aliphatic heterocycles. The second kappa shape index (κ2) is 4.41. The van der Waals surface area contributed by atoms with Crippen molar-refractivity contribution in [2.75, 3.05) is 5.75 Å². The number of carbonyl (C=O) groups excluding carboxylic acids is 1. The van der Waals surface area contributed by atoms with Crippen molar-refractivity contribution < 1.29 is 13.2 Å². The van der Waals surface area contributed by atoms with Gasteiger partial charge in [-0.05, 0) is 30.5 Å². The third kappa shape index (κ3) is 2.35. The summed E-state index contributed by atoms with van der Waals surface area (Å²) in [6.07, 6.45) is 1.31. The van der Waals surface area contributed by atoms with Crippen LogP contribution in [0.4, 0.5) is 0 Å². The average Bonchev–Trinajstić information content (AvgIpc) is 2.27. The number of benzene rings is 1. The van der Waals surface area contributed by atoms with Crippen molar-refractivity contribution in [1.82, 2.24) is 0 Å². The number of aliphatic imine (C=N–C) groups is 1. The largest absolute Gasteiger partial charge is 0.370 e. The zero-order valence-electron chi connectivity index (χ0n) is 9.59. The van der Waals surface area contributed by atoms with Gasteiger partial charge in [-0.1, -0.05) is 6.07 Å². The summed E-state index contributed by atoms with van der Waals surface area (Å²) in [5.41, 5.74) is 11.1. The van der Waals surface area contributed by atoms with Gasteiger partial charge in [0.2, 0.25) is 0 Å². The highest BCUT2D eigenvalue weighted by Gasteiger charge is 2.24. The summed E-state index contributed by atoms with van der Waals surface area (Å²) in [5, 5.41) is 0. The van der Waals surface area contributed by atoms with Crippen LogP contribution in [0.3, 0.4) is 0 Å². The molecule has 0 fully saturated rings. The van der Waals surface area contributed by atoms with Crippen LogP contribution in [0.5, 0.6) is 0 Å². The van der Waals surface area contributed by atoms with E-state index in [9.17, 15) is 13.2 Å². The first-order valence-electron chi connectivity index (χ1n) is 5.40. The predicted octanol–water partition coefficient (Wildman–Crippen LogP) is -0.180. The van der Waals surface area contributed by atoms with Gasteiger partial charge in [0.1, 0.15) is 0 Å². The number of nitrogens with two attached hydrogens (primary N) is 2. The van der Waals surface area contributed by atoms with Gasteiger partial charge >= 0.3 is 0 Å². The van der Waals surface area contributed by atoms with Crippen LogP contribution < -0.4 is 11.5 Å². The number of aryl methyl sites for hydroxylation is 1. The number of guanidine groups is 1. The number of sulfone groups is 1. The van der Waals surface area contributed by atoms with E-state index in [4.69, 9.17) is 11.5 Å². The van der Waals surface area contributed by atoms with Gasteiger partial charge in [-0.25, -0.2) is 8.42 Å². The number of hydrogen-bond donors (Lipinski definition) is 2. The topological polar surface area (TPSA) is 116 Å². The van der Waals surface area contributed by atoms with Crippen molar-refractivity contribution in [3.8, 4) is 0 Å². The third-order valence-electron chi connectivity index (χ3n) is 2.74. The quantitative estimate of drug-likeness (QED) is 0.541. The van der Waals surface area contributed by atoms with Gasteiger partial charge in [-0.2, -0.15) is 4.99 Å². The van der Waals surface area contributed by atoms with E-state index >= 15 is 0 Å². The van der Waals surface area contributed by atoms with Crippen molar-refractivity contribution in [3.05, 3.63) is 29.3 Å². The molecule has 1 aromatic rings.